The zero-order valence-electron chi connectivity index (χ0n) is 7.19. The maximum absolute atomic E-state index is 2.27. The molecule has 60 valence electrons. The molecule has 0 nitrogen and oxygen atoms in total. The van der Waals surface area contributed by atoms with Crippen molar-refractivity contribution in [3.05, 3.63) is 12.2 Å². The van der Waals surface area contributed by atoms with Gasteiger partial charge in [0, 0.05) is 0 Å². The van der Waals surface area contributed by atoms with Crippen molar-refractivity contribution in [2.24, 2.45) is 0 Å². The summed E-state index contributed by atoms with van der Waals surface area (Å²) in [5.41, 5.74) is 0. The summed E-state index contributed by atoms with van der Waals surface area (Å²) in [6.45, 7) is 4.35. The van der Waals surface area contributed by atoms with Gasteiger partial charge in [0.1, 0.15) is 0 Å². The van der Waals surface area contributed by atoms with Crippen molar-refractivity contribution in [1.82, 2.24) is 0 Å². The summed E-state index contributed by atoms with van der Waals surface area (Å²) in [6.07, 6.45) is 11.4. The third-order valence-electron chi connectivity index (χ3n) is 1.45. The number of unbranched alkanes of at least 4 members (excludes halogenated alkanes) is 2. The fourth-order valence-corrected chi connectivity index (χ4v) is 1.91. The Hall–Kier alpha value is 0.170. The van der Waals surface area contributed by atoms with Gasteiger partial charge in [-0.15, -0.1) is 8.58 Å². The fourth-order valence-electron chi connectivity index (χ4n) is 0.803. The highest BCUT2D eigenvalue weighted by Crippen LogP contribution is 2.12. The van der Waals surface area contributed by atoms with Crippen LogP contribution in [0.1, 0.15) is 33.1 Å². The van der Waals surface area contributed by atoms with Crippen LogP contribution >= 0.6 is 8.58 Å². The predicted molar refractivity (Wildman–Crippen MR) is 52.4 cm³/mol. The molecule has 0 aromatic heterocycles. The highest BCUT2D eigenvalue weighted by Gasteiger charge is 1.84. The molecule has 0 aliphatic carbocycles. The highest BCUT2D eigenvalue weighted by molar-refractivity contribution is 7.38. The van der Waals surface area contributed by atoms with Gasteiger partial charge in [-0.25, -0.2) is 0 Å². The normalized spacial score (nSPS) is 12.2. The van der Waals surface area contributed by atoms with Crippen molar-refractivity contribution in [2.75, 3.05) is 12.3 Å². The third-order valence-corrected chi connectivity index (χ3v) is 2.69. The Labute approximate surface area is 66.9 Å². The van der Waals surface area contributed by atoms with Crippen LogP contribution in [0.4, 0.5) is 0 Å². The second kappa shape index (κ2) is 9.17. The first-order valence-corrected chi connectivity index (χ1v) is 5.65. The summed E-state index contributed by atoms with van der Waals surface area (Å²) in [5.74, 6) is 0. The summed E-state index contributed by atoms with van der Waals surface area (Å²) in [6, 6.07) is 0. The second-order valence-corrected chi connectivity index (χ2v) is 3.89. The molecule has 1 unspecified atom stereocenters. The maximum atomic E-state index is 2.27. The quantitative estimate of drug-likeness (QED) is 0.315. The minimum absolute atomic E-state index is 1.16. The van der Waals surface area contributed by atoms with E-state index in [1.807, 2.05) is 0 Å². The SMILES string of the molecule is CC=CCPCCCCC. The summed E-state index contributed by atoms with van der Waals surface area (Å²) >= 11 is 0. The molecule has 1 atom stereocenters. The molecule has 0 saturated carbocycles. The van der Waals surface area contributed by atoms with Crippen molar-refractivity contribution in [1.29, 1.82) is 0 Å². The summed E-state index contributed by atoms with van der Waals surface area (Å²) in [7, 11) is 1.16. The minimum atomic E-state index is 1.16. The molecular weight excluding hydrogens is 139 g/mol. The van der Waals surface area contributed by atoms with E-state index in [1.165, 1.54) is 31.6 Å². The van der Waals surface area contributed by atoms with Crippen LogP contribution in [0.2, 0.25) is 0 Å². The van der Waals surface area contributed by atoms with E-state index in [4.69, 9.17) is 0 Å². The van der Waals surface area contributed by atoms with Crippen LogP contribution in [0.25, 0.3) is 0 Å². The zero-order valence-corrected chi connectivity index (χ0v) is 8.19. The van der Waals surface area contributed by atoms with E-state index in [-0.39, 0.29) is 0 Å². The molecule has 0 spiro atoms. The molecule has 1 heteroatoms. The second-order valence-electron chi connectivity index (χ2n) is 2.48. The molecule has 0 radical (unpaired) electrons. The van der Waals surface area contributed by atoms with E-state index < -0.39 is 0 Å². The van der Waals surface area contributed by atoms with E-state index in [9.17, 15) is 0 Å². The van der Waals surface area contributed by atoms with Gasteiger partial charge < -0.3 is 0 Å². The van der Waals surface area contributed by atoms with Gasteiger partial charge in [-0.05, 0) is 25.7 Å². The lowest BCUT2D eigenvalue weighted by atomic mass is 10.3. The van der Waals surface area contributed by atoms with Crippen molar-refractivity contribution >= 4 is 8.58 Å². The van der Waals surface area contributed by atoms with Crippen LogP contribution in [0.3, 0.4) is 0 Å². The van der Waals surface area contributed by atoms with Gasteiger partial charge in [0.25, 0.3) is 0 Å². The van der Waals surface area contributed by atoms with Gasteiger partial charge >= 0.3 is 0 Å². The number of allylic oxidation sites excluding steroid dienone is 2. The van der Waals surface area contributed by atoms with Crippen molar-refractivity contribution in [3.63, 3.8) is 0 Å². The molecule has 0 aromatic carbocycles. The Morgan fingerprint density at radius 3 is 2.70 bits per heavy atom. The maximum Gasteiger partial charge on any atom is -0.0172 e. The summed E-state index contributed by atoms with van der Waals surface area (Å²) < 4.78 is 0. The van der Waals surface area contributed by atoms with E-state index in [2.05, 4.69) is 26.0 Å². The first-order valence-electron chi connectivity index (χ1n) is 4.23. The molecule has 0 aliphatic heterocycles. The van der Waals surface area contributed by atoms with Gasteiger partial charge in [0.15, 0.2) is 0 Å². The minimum Gasteiger partial charge on any atom is -0.118 e. The standard InChI is InChI=1S/C9H19P/c1-3-5-7-9-10-8-6-4-2/h4,6,10H,3,5,7-9H2,1-2H3. The van der Waals surface area contributed by atoms with E-state index in [0.717, 1.165) is 8.58 Å². The highest BCUT2D eigenvalue weighted by atomic mass is 31.1. The van der Waals surface area contributed by atoms with E-state index in [1.54, 1.807) is 0 Å². The van der Waals surface area contributed by atoms with Gasteiger partial charge in [-0.2, -0.15) is 0 Å². The van der Waals surface area contributed by atoms with Gasteiger partial charge in [-0.3, -0.25) is 0 Å². The largest absolute Gasteiger partial charge is 0.118 e. The number of hydrogen-bond acceptors (Lipinski definition) is 0. The molecule has 0 aromatic rings. The first kappa shape index (κ1) is 10.2. The van der Waals surface area contributed by atoms with Gasteiger partial charge in [0.05, 0.1) is 0 Å². The Morgan fingerprint density at radius 1 is 1.30 bits per heavy atom. The van der Waals surface area contributed by atoms with Crippen molar-refractivity contribution < 1.29 is 0 Å². The Morgan fingerprint density at radius 2 is 2.10 bits per heavy atom. The average Bonchev–Trinajstić information content (AvgIpc) is 1.97. The Bertz CT molecular complexity index is 76.8. The Balaban J connectivity index is 2.77. The molecule has 0 saturated heterocycles. The number of hydrogen-bond donors (Lipinski definition) is 0. The monoisotopic (exact) mass is 158 g/mol. The molecule has 0 heterocycles. The molecule has 0 N–H and O–H groups in total. The fraction of sp³-hybridized carbons (Fsp3) is 0.778. The lowest BCUT2D eigenvalue weighted by molar-refractivity contribution is 0.777. The third kappa shape index (κ3) is 8.17. The van der Waals surface area contributed by atoms with Crippen LogP contribution in [-0.4, -0.2) is 12.3 Å². The molecule has 0 aliphatic rings. The van der Waals surface area contributed by atoms with Crippen molar-refractivity contribution in [3.8, 4) is 0 Å². The first-order chi connectivity index (χ1) is 4.91. The van der Waals surface area contributed by atoms with Crippen molar-refractivity contribution in [2.45, 2.75) is 33.1 Å². The molecule has 10 heavy (non-hydrogen) atoms. The smallest absolute Gasteiger partial charge is 0.0172 e. The molecule has 0 fully saturated rings. The van der Waals surface area contributed by atoms with Crippen LogP contribution in [0.5, 0.6) is 0 Å². The van der Waals surface area contributed by atoms with Crippen LogP contribution in [0, 0.1) is 0 Å². The number of rotatable bonds is 6. The zero-order chi connectivity index (χ0) is 7.66. The predicted octanol–water partition coefficient (Wildman–Crippen LogP) is 3.43. The van der Waals surface area contributed by atoms with E-state index in [0.29, 0.717) is 0 Å². The van der Waals surface area contributed by atoms with E-state index >= 15 is 0 Å². The molecular formula is C9H19P. The van der Waals surface area contributed by atoms with Crippen LogP contribution < -0.4 is 0 Å². The summed E-state index contributed by atoms with van der Waals surface area (Å²) in [4.78, 5) is 0. The molecule has 0 bridgehead atoms. The molecule has 0 amide bonds. The topological polar surface area (TPSA) is 0 Å². The van der Waals surface area contributed by atoms with Crippen LogP contribution in [-0.2, 0) is 0 Å². The summed E-state index contributed by atoms with van der Waals surface area (Å²) in [5, 5.41) is 0. The lowest BCUT2D eigenvalue weighted by Crippen LogP contribution is -1.77. The lowest BCUT2D eigenvalue weighted by Gasteiger charge is -1.95. The van der Waals surface area contributed by atoms with Crippen LogP contribution in [0.15, 0.2) is 12.2 Å². The average molecular weight is 158 g/mol. The van der Waals surface area contributed by atoms with Gasteiger partial charge in [-0.1, -0.05) is 31.9 Å². The Kier molecular flexibility index (Phi) is 9.33. The molecule has 0 rings (SSSR count). The van der Waals surface area contributed by atoms with Gasteiger partial charge in [0.2, 0.25) is 0 Å².